The highest BCUT2D eigenvalue weighted by atomic mass is 32.2. The van der Waals surface area contributed by atoms with E-state index >= 15 is 0 Å². The Morgan fingerprint density at radius 2 is 2.29 bits per heavy atom. The van der Waals surface area contributed by atoms with Gasteiger partial charge in [0.2, 0.25) is 5.65 Å². The van der Waals surface area contributed by atoms with Gasteiger partial charge in [0.1, 0.15) is 5.82 Å². The van der Waals surface area contributed by atoms with E-state index in [1.807, 2.05) is 29.3 Å². The molecular weight excluding hydrogens is 234 g/mol. The zero-order valence-corrected chi connectivity index (χ0v) is 11.2. The maximum Gasteiger partial charge on any atom is 0.203 e. The lowest BCUT2D eigenvalue weighted by molar-refractivity contribution is 0.898. The second-order valence-corrected chi connectivity index (χ2v) is 5.24. The molecule has 17 heavy (non-hydrogen) atoms. The highest BCUT2D eigenvalue weighted by molar-refractivity contribution is 7.99. The van der Waals surface area contributed by atoms with Crippen LogP contribution in [0.4, 0.5) is 5.82 Å². The lowest BCUT2D eigenvalue weighted by Gasteiger charge is -2.13. The van der Waals surface area contributed by atoms with Gasteiger partial charge >= 0.3 is 0 Å². The van der Waals surface area contributed by atoms with Gasteiger partial charge in [-0.3, -0.25) is 4.40 Å². The Morgan fingerprint density at radius 3 is 3.06 bits per heavy atom. The number of nitrogens with one attached hydrogen (secondary N) is 1. The Balaban J connectivity index is 2.18. The largest absolute Gasteiger partial charge is 0.364 e. The van der Waals surface area contributed by atoms with Crippen LogP contribution in [0.5, 0.6) is 0 Å². The molecular formula is C11H17N5S. The summed E-state index contributed by atoms with van der Waals surface area (Å²) in [5, 5.41) is 11.6. The van der Waals surface area contributed by atoms with Gasteiger partial charge in [0, 0.05) is 24.2 Å². The summed E-state index contributed by atoms with van der Waals surface area (Å²) in [6.45, 7) is 6.25. The number of hydrogen-bond donors (Lipinski definition) is 1. The number of aryl methyl sites for hydroxylation is 1. The molecule has 2 rings (SSSR count). The van der Waals surface area contributed by atoms with E-state index < -0.39 is 0 Å². The lowest BCUT2D eigenvalue weighted by atomic mass is 10.4. The summed E-state index contributed by atoms with van der Waals surface area (Å²) in [6, 6.07) is 0.371. The van der Waals surface area contributed by atoms with Gasteiger partial charge in [-0.2, -0.15) is 11.8 Å². The summed E-state index contributed by atoms with van der Waals surface area (Å²) in [7, 11) is 0. The highest BCUT2D eigenvalue weighted by Gasteiger charge is 2.09. The van der Waals surface area contributed by atoms with Crippen molar-refractivity contribution in [2.45, 2.75) is 26.8 Å². The van der Waals surface area contributed by atoms with Crippen molar-refractivity contribution < 1.29 is 0 Å². The summed E-state index contributed by atoms with van der Waals surface area (Å²) in [4.78, 5) is 4.32. The molecule has 2 aromatic heterocycles. The highest BCUT2D eigenvalue weighted by Crippen LogP contribution is 2.14. The summed E-state index contributed by atoms with van der Waals surface area (Å²) < 4.78 is 1.94. The molecule has 0 fully saturated rings. The summed E-state index contributed by atoms with van der Waals surface area (Å²) in [5.74, 6) is 3.87. The monoisotopic (exact) mass is 251 g/mol. The minimum atomic E-state index is 0.371. The third-order valence-corrected chi connectivity index (χ3v) is 3.60. The van der Waals surface area contributed by atoms with Gasteiger partial charge in [-0.25, -0.2) is 4.98 Å². The van der Waals surface area contributed by atoms with Crippen LogP contribution < -0.4 is 5.32 Å². The Morgan fingerprint density at radius 1 is 1.47 bits per heavy atom. The van der Waals surface area contributed by atoms with Crippen molar-refractivity contribution >= 4 is 23.2 Å². The molecule has 2 aromatic rings. The van der Waals surface area contributed by atoms with E-state index in [0.29, 0.717) is 6.04 Å². The third-order valence-electron chi connectivity index (χ3n) is 2.45. The van der Waals surface area contributed by atoms with Crippen molar-refractivity contribution in [3.63, 3.8) is 0 Å². The van der Waals surface area contributed by atoms with Gasteiger partial charge < -0.3 is 5.32 Å². The molecule has 0 spiro atoms. The topological polar surface area (TPSA) is 55.1 Å². The predicted molar refractivity (Wildman–Crippen MR) is 71.6 cm³/mol. The third kappa shape index (κ3) is 2.69. The molecule has 0 aliphatic carbocycles. The SMILES string of the molecule is CCSCC(C)Nc1nccn2c(C)nnc12. The average Bonchev–Trinajstić information content (AvgIpc) is 2.70. The van der Waals surface area contributed by atoms with Crippen LogP contribution in [0.3, 0.4) is 0 Å². The first-order valence-corrected chi connectivity index (χ1v) is 6.88. The molecule has 0 amide bonds. The molecule has 6 heteroatoms. The van der Waals surface area contributed by atoms with Crippen molar-refractivity contribution in [2.24, 2.45) is 0 Å². The Kier molecular flexibility index (Phi) is 3.83. The fourth-order valence-electron chi connectivity index (χ4n) is 1.61. The molecule has 1 unspecified atom stereocenters. The molecule has 92 valence electrons. The average molecular weight is 251 g/mol. The Labute approximate surface area is 105 Å². The van der Waals surface area contributed by atoms with Crippen molar-refractivity contribution in [3.8, 4) is 0 Å². The number of anilines is 1. The smallest absolute Gasteiger partial charge is 0.203 e. The molecule has 1 N–H and O–H groups in total. The summed E-state index contributed by atoms with van der Waals surface area (Å²) in [6.07, 6.45) is 3.65. The number of rotatable bonds is 5. The molecule has 0 aliphatic rings. The number of thioether (sulfide) groups is 1. The molecule has 0 radical (unpaired) electrons. The Bertz CT molecular complexity index is 496. The summed E-state index contributed by atoms with van der Waals surface area (Å²) >= 11 is 1.91. The van der Waals surface area contributed by atoms with Crippen molar-refractivity contribution in [1.82, 2.24) is 19.6 Å². The van der Waals surface area contributed by atoms with Gasteiger partial charge in [0.25, 0.3) is 0 Å². The second-order valence-electron chi connectivity index (χ2n) is 3.92. The van der Waals surface area contributed by atoms with E-state index in [1.165, 1.54) is 0 Å². The minimum Gasteiger partial charge on any atom is -0.364 e. The van der Waals surface area contributed by atoms with Crippen LogP contribution in [0, 0.1) is 6.92 Å². The van der Waals surface area contributed by atoms with Gasteiger partial charge in [0.05, 0.1) is 0 Å². The molecule has 1 atom stereocenters. The molecule has 0 saturated carbocycles. The second kappa shape index (κ2) is 5.35. The van der Waals surface area contributed by atoms with E-state index in [-0.39, 0.29) is 0 Å². The number of hydrogen-bond acceptors (Lipinski definition) is 5. The van der Waals surface area contributed by atoms with Gasteiger partial charge in [-0.15, -0.1) is 10.2 Å². The maximum absolute atomic E-state index is 4.32. The van der Waals surface area contributed by atoms with E-state index in [1.54, 1.807) is 6.20 Å². The fraction of sp³-hybridized carbons (Fsp3) is 0.545. The van der Waals surface area contributed by atoms with Crippen LogP contribution in [0.25, 0.3) is 5.65 Å². The molecule has 5 nitrogen and oxygen atoms in total. The first-order chi connectivity index (χ1) is 8.22. The molecule has 0 bridgehead atoms. The van der Waals surface area contributed by atoms with Crippen LogP contribution in [0.2, 0.25) is 0 Å². The van der Waals surface area contributed by atoms with E-state index in [4.69, 9.17) is 0 Å². The maximum atomic E-state index is 4.32. The molecule has 0 saturated heterocycles. The van der Waals surface area contributed by atoms with Crippen LogP contribution in [-0.2, 0) is 0 Å². The lowest BCUT2D eigenvalue weighted by Crippen LogP contribution is -2.19. The zero-order chi connectivity index (χ0) is 12.3. The van der Waals surface area contributed by atoms with E-state index in [9.17, 15) is 0 Å². The van der Waals surface area contributed by atoms with Gasteiger partial charge in [0.15, 0.2) is 5.82 Å². The molecule has 2 heterocycles. The van der Waals surface area contributed by atoms with Crippen LogP contribution >= 0.6 is 11.8 Å². The van der Waals surface area contributed by atoms with Crippen molar-refractivity contribution in [1.29, 1.82) is 0 Å². The minimum absolute atomic E-state index is 0.371. The molecule has 0 aliphatic heterocycles. The van der Waals surface area contributed by atoms with Crippen LogP contribution in [-0.4, -0.2) is 37.1 Å². The van der Waals surface area contributed by atoms with Crippen LogP contribution in [0.1, 0.15) is 19.7 Å². The number of fused-ring (bicyclic) bond motifs is 1. The number of aromatic nitrogens is 4. The predicted octanol–water partition coefficient (Wildman–Crippen LogP) is 1.99. The van der Waals surface area contributed by atoms with Gasteiger partial charge in [-0.1, -0.05) is 6.92 Å². The summed E-state index contributed by atoms with van der Waals surface area (Å²) in [5.41, 5.74) is 0.790. The Hall–Kier alpha value is -1.30. The van der Waals surface area contributed by atoms with E-state index in [0.717, 1.165) is 28.8 Å². The quantitative estimate of drug-likeness (QED) is 0.880. The zero-order valence-electron chi connectivity index (χ0n) is 10.3. The van der Waals surface area contributed by atoms with Crippen molar-refractivity contribution in [2.75, 3.05) is 16.8 Å². The molecule has 0 aromatic carbocycles. The van der Waals surface area contributed by atoms with Gasteiger partial charge in [-0.05, 0) is 19.6 Å². The first kappa shape index (κ1) is 12.2. The normalized spacial score (nSPS) is 12.9. The first-order valence-electron chi connectivity index (χ1n) is 5.73. The fourth-order valence-corrected chi connectivity index (χ4v) is 2.29. The number of nitrogens with zero attached hydrogens (tertiary/aromatic N) is 4. The van der Waals surface area contributed by atoms with Crippen LogP contribution in [0.15, 0.2) is 12.4 Å². The van der Waals surface area contributed by atoms with E-state index in [2.05, 4.69) is 34.3 Å². The standard InChI is InChI=1S/C11H17N5S/c1-4-17-7-8(2)13-10-11-15-14-9(3)16(11)6-5-12-10/h5-6,8H,4,7H2,1-3H3,(H,12,13). The van der Waals surface area contributed by atoms with Crippen molar-refractivity contribution in [3.05, 3.63) is 18.2 Å².